The Hall–Kier alpha value is -0.880. The molecule has 1 aromatic rings. The Labute approximate surface area is 96.4 Å². The number of aromatic nitrogens is 2. The van der Waals surface area contributed by atoms with E-state index in [1.165, 1.54) is 6.20 Å². The zero-order valence-electron chi connectivity index (χ0n) is 9.88. The summed E-state index contributed by atoms with van der Waals surface area (Å²) in [6.07, 6.45) is 5.32. The largest absolute Gasteiger partial charge is 0.379 e. The van der Waals surface area contributed by atoms with Crippen molar-refractivity contribution < 1.29 is 13.2 Å². The highest BCUT2D eigenvalue weighted by Gasteiger charge is 2.13. The van der Waals surface area contributed by atoms with E-state index in [4.69, 9.17) is 4.74 Å². The molecule has 1 aromatic heterocycles. The molecule has 0 radical (unpaired) electrons. The molecule has 0 amide bonds. The van der Waals surface area contributed by atoms with Crippen molar-refractivity contribution in [2.45, 2.75) is 38.1 Å². The van der Waals surface area contributed by atoms with Crippen molar-refractivity contribution >= 4 is 9.84 Å². The van der Waals surface area contributed by atoms with Crippen molar-refractivity contribution in [2.75, 3.05) is 12.9 Å². The lowest BCUT2D eigenvalue weighted by atomic mass is 10.4. The number of sulfone groups is 1. The highest BCUT2D eigenvalue weighted by Crippen LogP contribution is 2.06. The number of hydrogen-bond acceptors (Lipinski definition) is 4. The van der Waals surface area contributed by atoms with E-state index in [1.54, 1.807) is 10.8 Å². The average molecular weight is 246 g/mol. The summed E-state index contributed by atoms with van der Waals surface area (Å²) in [6.45, 7) is 5.17. The highest BCUT2D eigenvalue weighted by molar-refractivity contribution is 7.90. The fraction of sp³-hybridized carbons (Fsp3) is 0.700. The Kier molecular flexibility index (Phi) is 4.49. The third kappa shape index (κ3) is 3.94. The zero-order valence-corrected chi connectivity index (χ0v) is 10.7. The molecule has 0 spiro atoms. The normalized spacial score (nSPS) is 12.2. The monoisotopic (exact) mass is 246 g/mol. The molecule has 0 aromatic carbocycles. The predicted molar refractivity (Wildman–Crippen MR) is 61.0 cm³/mol. The quantitative estimate of drug-likeness (QED) is 0.705. The first-order valence-corrected chi connectivity index (χ1v) is 7.13. The van der Waals surface area contributed by atoms with Crippen LogP contribution in [0.2, 0.25) is 0 Å². The van der Waals surface area contributed by atoms with E-state index in [0.29, 0.717) is 13.2 Å². The maximum Gasteiger partial charge on any atom is 0.227 e. The molecule has 0 aliphatic rings. The molecule has 16 heavy (non-hydrogen) atoms. The van der Waals surface area contributed by atoms with Gasteiger partial charge in [-0.1, -0.05) is 0 Å². The number of ether oxygens (including phenoxy) is 1. The maximum absolute atomic E-state index is 11.3. The van der Waals surface area contributed by atoms with Gasteiger partial charge in [-0.05, 0) is 20.3 Å². The van der Waals surface area contributed by atoms with Crippen molar-refractivity contribution in [1.82, 2.24) is 9.55 Å². The van der Waals surface area contributed by atoms with Crippen LogP contribution in [0.4, 0.5) is 0 Å². The van der Waals surface area contributed by atoms with Gasteiger partial charge in [-0.15, -0.1) is 0 Å². The topological polar surface area (TPSA) is 61.2 Å². The van der Waals surface area contributed by atoms with Crippen LogP contribution in [0.3, 0.4) is 0 Å². The number of aryl methyl sites for hydroxylation is 1. The summed E-state index contributed by atoms with van der Waals surface area (Å²) in [5, 5.41) is 0.122. The summed E-state index contributed by atoms with van der Waals surface area (Å²) < 4.78 is 29.7. The second kappa shape index (κ2) is 5.45. The number of imidazole rings is 1. The van der Waals surface area contributed by atoms with Gasteiger partial charge in [-0.2, -0.15) is 0 Å². The smallest absolute Gasteiger partial charge is 0.227 e. The minimum atomic E-state index is -3.23. The van der Waals surface area contributed by atoms with Crippen molar-refractivity contribution in [3.05, 3.63) is 12.4 Å². The van der Waals surface area contributed by atoms with Crippen molar-refractivity contribution in [3.8, 4) is 0 Å². The van der Waals surface area contributed by atoms with Crippen LogP contribution in [-0.4, -0.2) is 36.9 Å². The molecular weight excluding hydrogens is 228 g/mol. The first kappa shape index (κ1) is 13.2. The molecule has 5 nitrogen and oxygen atoms in total. The summed E-state index contributed by atoms with van der Waals surface area (Å²) in [5.74, 6) is 0. The molecule has 1 heterocycles. The van der Waals surface area contributed by atoms with Gasteiger partial charge < -0.3 is 9.30 Å². The van der Waals surface area contributed by atoms with Gasteiger partial charge in [0.1, 0.15) is 0 Å². The molecule has 0 aliphatic carbocycles. The summed E-state index contributed by atoms with van der Waals surface area (Å²) in [4.78, 5) is 3.84. The third-order valence-electron chi connectivity index (χ3n) is 2.00. The fourth-order valence-electron chi connectivity index (χ4n) is 1.35. The number of hydrogen-bond donors (Lipinski definition) is 0. The standard InChI is InChI=1S/C10H18N2O3S/c1-9(2)15-8-4-6-12-7-5-11-10(12)16(3,13)14/h5,7,9H,4,6,8H2,1-3H3. The zero-order chi connectivity index (χ0) is 12.2. The van der Waals surface area contributed by atoms with Crippen molar-refractivity contribution in [1.29, 1.82) is 0 Å². The third-order valence-corrected chi connectivity index (χ3v) is 3.01. The van der Waals surface area contributed by atoms with Gasteiger partial charge in [-0.3, -0.25) is 0 Å². The van der Waals surface area contributed by atoms with Crippen molar-refractivity contribution in [2.24, 2.45) is 0 Å². The van der Waals surface area contributed by atoms with Crippen LogP contribution >= 0.6 is 0 Å². The van der Waals surface area contributed by atoms with Crippen LogP contribution in [0.1, 0.15) is 20.3 Å². The van der Waals surface area contributed by atoms with E-state index in [9.17, 15) is 8.42 Å². The predicted octanol–water partition coefficient (Wildman–Crippen LogP) is 1.10. The second-order valence-electron chi connectivity index (χ2n) is 3.95. The lowest BCUT2D eigenvalue weighted by molar-refractivity contribution is 0.0745. The number of nitrogens with zero attached hydrogens (tertiary/aromatic N) is 2. The van der Waals surface area contributed by atoms with Crippen LogP contribution in [-0.2, 0) is 21.1 Å². The molecular formula is C10H18N2O3S. The summed E-state index contributed by atoms with van der Waals surface area (Å²) in [5.41, 5.74) is 0. The first-order chi connectivity index (χ1) is 7.41. The summed E-state index contributed by atoms with van der Waals surface area (Å²) >= 11 is 0. The van der Waals surface area contributed by atoms with Crippen LogP contribution < -0.4 is 0 Å². The van der Waals surface area contributed by atoms with Crippen LogP contribution in [0.5, 0.6) is 0 Å². The van der Waals surface area contributed by atoms with Gasteiger partial charge >= 0.3 is 0 Å². The minimum Gasteiger partial charge on any atom is -0.379 e. The van der Waals surface area contributed by atoms with E-state index >= 15 is 0 Å². The Balaban J connectivity index is 2.52. The Bertz CT molecular complexity index is 423. The Morgan fingerprint density at radius 3 is 2.75 bits per heavy atom. The lowest BCUT2D eigenvalue weighted by Gasteiger charge is -2.08. The Morgan fingerprint density at radius 1 is 1.50 bits per heavy atom. The molecule has 92 valence electrons. The Morgan fingerprint density at radius 2 is 2.19 bits per heavy atom. The van der Waals surface area contributed by atoms with Gasteiger partial charge in [0.05, 0.1) is 6.10 Å². The first-order valence-electron chi connectivity index (χ1n) is 5.24. The molecule has 0 unspecified atom stereocenters. The highest BCUT2D eigenvalue weighted by atomic mass is 32.2. The van der Waals surface area contributed by atoms with E-state index in [0.717, 1.165) is 12.7 Å². The summed E-state index contributed by atoms with van der Waals surface area (Å²) in [7, 11) is -3.23. The van der Waals surface area contributed by atoms with Gasteiger partial charge in [0.2, 0.25) is 15.0 Å². The van der Waals surface area contributed by atoms with Crippen LogP contribution in [0.15, 0.2) is 17.6 Å². The molecule has 0 aliphatic heterocycles. The van der Waals surface area contributed by atoms with Crippen LogP contribution in [0.25, 0.3) is 0 Å². The molecule has 1 rings (SSSR count). The molecule has 0 fully saturated rings. The van der Waals surface area contributed by atoms with Crippen molar-refractivity contribution in [3.63, 3.8) is 0 Å². The molecule has 0 N–H and O–H groups in total. The summed E-state index contributed by atoms with van der Waals surface area (Å²) in [6, 6.07) is 0. The molecule has 0 atom stereocenters. The maximum atomic E-state index is 11.3. The molecule has 0 saturated heterocycles. The average Bonchev–Trinajstić information content (AvgIpc) is 2.59. The van der Waals surface area contributed by atoms with Gasteiger partial charge in [0.25, 0.3) is 0 Å². The van der Waals surface area contributed by atoms with Gasteiger partial charge in [-0.25, -0.2) is 13.4 Å². The fourth-order valence-corrected chi connectivity index (χ4v) is 2.18. The van der Waals surface area contributed by atoms with Crippen LogP contribution in [0, 0.1) is 0 Å². The van der Waals surface area contributed by atoms with E-state index in [1.807, 2.05) is 13.8 Å². The SMILES string of the molecule is CC(C)OCCCn1ccnc1S(C)(=O)=O. The van der Waals surface area contributed by atoms with E-state index < -0.39 is 9.84 Å². The molecule has 6 heteroatoms. The van der Waals surface area contributed by atoms with E-state index in [-0.39, 0.29) is 11.3 Å². The number of rotatable bonds is 6. The lowest BCUT2D eigenvalue weighted by Crippen LogP contribution is -2.11. The van der Waals surface area contributed by atoms with Gasteiger partial charge in [0.15, 0.2) is 0 Å². The molecule has 0 saturated carbocycles. The van der Waals surface area contributed by atoms with E-state index in [2.05, 4.69) is 4.98 Å². The van der Waals surface area contributed by atoms with Gasteiger partial charge in [0, 0.05) is 31.8 Å². The second-order valence-corrected chi connectivity index (χ2v) is 5.86. The minimum absolute atomic E-state index is 0.122. The molecule has 0 bridgehead atoms.